The summed E-state index contributed by atoms with van der Waals surface area (Å²) in [6.07, 6.45) is 2.42. The maximum atomic E-state index is 12.7. The van der Waals surface area contributed by atoms with E-state index >= 15 is 0 Å². The third-order valence-corrected chi connectivity index (χ3v) is 5.08. The SMILES string of the molecule is Cc1cccc(N2CCN(C(=O)c3cc(C4CC4)[nH]n3)C[C@@H]2C)c1. The number of benzene rings is 1. The number of carbonyl (C=O) groups is 1. The van der Waals surface area contributed by atoms with Gasteiger partial charge in [-0.25, -0.2) is 0 Å². The fourth-order valence-electron chi connectivity index (χ4n) is 3.54. The van der Waals surface area contributed by atoms with Crippen molar-refractivity contribution in [2.24, 2.45) is 0 Å². The molecule has 0 radical (unpaired) electrons. The maximum Gasteiger partial charge on any atom is 0.274 e. The van der Waals surface area contributed by atoms with Crippen LogP contribution >= 0.6 is 0 Å². The Morgan fingerprint density at radius 1 is 1.25 bits per heavy atom. The van der Waals surface area contributed by atoms with Crippen LogP contribution in [0.15, 0.2) is 30.3 Å². The summed E-state index contributed by atoms with van der Waals surface area (Å²) in [6.45, 7) is 6.63. The number of nitrogens with zero attached hydrogens (tertiary/aromatic N) is 3. The molecule has 1 saturated carbocycles. The number of anilines is 1. The van der Waals surface area contributed by atoms with Crippen LogP contribution in [0.25, 0.3) is 0 Å². The maximum absolute atomic E-state index is 12.7. The van der Waals surface area contributed by atoms with Crippen molar-refractivity contribution >= 4 is 11.6 Å². The van der Waals surface area contributed by atoms with Crippen LogP contribution in [0.4, 0.5) is 5.69 Å². The van der Waals surface area contributed by atoms with E-state index < -0.39 is 0 Å². The van der Waals surface area contributed by atoms with Gasteiger partial charge in [0.15, 0.2) is 0 Å². The van der Waals surface area contributed by atoms with E-state index in [4.69, 9.17) is 0 Å². The first-order valence-corrected chi connectivity index (χ1v) is 8.79. The Bertz CT molecular complexity index is 749. The number of piperazine rings is 1. The number of carbonyl (C=O) groups excluding carboxylic acids is 1. The van der Waals surface area contributed by atoms with Crippen LogP contribution in [0, 0.1) is 6.92 Å². The zero-order valence-electron chi connectivity index (χ0n) is 14.3. The molecule has 1 aliphatic heterocycles. The number of H-pyrrole nitrogens is 1. The van der Waals surface area contributed by atoms with Gasteiger partial charge in [-0.15, -0.1) is 0 Å². The number of hydrogen-bond acceptors (Lipinski definition) is 3. The number of aryl methyl sites for hydroxylation is 1. The predicted octanol–water partition coefficient (Wildman–Crippen LogP) is 2.95. The zero-order valence-corrected chi connectivity index (χ0v) is 14.3. The Hall–Kier alpha value is -2.30. The quantitative estimate of drug-likeness (QED) is 0.944. The molecule has 2 fully saturated rings. The lowest BCUT2D eigenvalue weighted by Gasteiger charge is -2.41. The summed E-state index contributed by atoms with van der Waals surface area (Å²) in [6, 6.07) is 10.8. The van der Waals surface area contributed by atoms with E-state index in [2.05, 4.69) is 53.2 Å². The first kappa shape index (κ1) is 15.2. The van der Waals surface area contributed by atoms with E-state index in [1.165, 1.54) is 24.1 Å². The van der Waals surface area contributed by atoms with E-state index in [1.807, 2.05) is 11.0 Å². The highest BCUT2D eigenvalue weighted by molar-refractivity contribution is 5.92. The van der Waals surface area contributed by atoms with Gasteiger partial charge in [-0.2, -0.15) is 5.10 Å². The van der Waals surface area contributed by atoms with Gasteiger partial charge in [0.05, 0.1) is 0 Å². The fourth-order valence-corrected chi connectivity index (χ4v) is 3.54. The van der Waals surface area contributed by atoms with Crippen molar-refractivity contribution in [3.05, 3.63) is 47.3 Å². The number of rotatable bonds is 3. The normalized spacial score (nSPS) is 21.2. The Kier molecular flexibility index (Phi) is 3.79. The second kappa shape index (κ2) is 5.96. The van der Waals surface area contributed by atoms with Gasteiger partial charge in [0, 0.05) is 43.0 Å². The summed E-state index contributed by atoms with van der Waals surface area (Å²) in [7, 11) is 0. The van der Waals surface area contributed by atoms with Crippen molar-refractivity contribution in [2.45, 2.75) is 38.6 Å². The van der Waals surface area contributed by atoms with Gasteiger partial charge in [-0.1, -0.05) is 12.1 Å². The molecule has 1 amide bonds. The van der Waals surface area contributed by atoms with E-state index in [-0.39, 0.29) is 5.91 Å². The molecule has 5 nitrogen and oxygen atoms in total. The van der Waals surface area contributed by atoms with Crippen molar-refractivity contribution in [1.82, 2.24) is 15.1 Å². The Labute approximate surface area is 142 Å². The number of aromatic nitrogens is 2. The van der Waals surface area contributed by atoms with Crippen LogP contribution in [0.3, 0.4) is 0 Å². The van der Waals surface area contributed by atoms with Gasteiger partial charge in [0.2, 0.25) is 0 Å². The first-order valence-electron chi connectivity index (χ1n) is 8.79. The van der Waals surface area contributed by atoms with Crippen LogP contribution in [0.1, 0.15) is 47.4 Å². The molecular weight excluding hydrogens is 300 g/mol. The van der Waals surface area contributed by atoms with E-state index in [9.17, 15) is 4.79 Å². The molecule has 2 heterocycles. The van der Waals surface area contributed by atoms with Crippen LogP contribution in [0.2, 0.25) is 0 Å². The molecule has 1 aromatic heterocycles. The van der Waals surface area contributed by atoms with Crippen LogP contribution in [0.5, 0.6) is 0 Å². The molecule has 24 heavy (non-hydrogen) atoms. The van der Waals surface area contributed by atoms with Gasteiger partial charge in [-0.05, 0) is 50.5 Å². The third-order valence-electron chi connectivity index (χ3n) is 5.08. The van der Waals surface area contributed by atoms with Crippen molar-refractivity contribution in [3.8, 4) is 0 Å². The topological polar surface area (TPSA) is 52.2 Å². The summed E-state index contributed by atoms with van der Waals surface area (Å²) in [5, 5.41) is 7.27. The Balaban J connectivity index is 1.44. The van der Waals surface area contributed by atoms with Gasteiger partial charge in [0.1, 0.15) is 5.69 Å². The molecular formula is C19H24N4O. The zero-order chi connectivity index (χ0) is 16.7. The molecule has 0 unspecified atom stereocenters. The number of hydrogen-bond donors (Lipinski definition) is 1. The molecule has 0 bridgehead atoms. The predicted molar refractivity (Wildman–Crippen MR) is 94.5 cm³/mol. The van der Waals surface area contributed by atoms with E-state index in [0.717, 1.165) is 25.3 Å². The number of amides is 1. The molecule has 5 heteroatoms. The summed E-state index contributed by atoms with van der Waals surface area (Å²) < 4.78 is 0. The minimum absolute atomic E-state index is 0.0499. The van der Waals surface area contributed by atoms with Gasteiger partial charge in [-0.3, -0.25) is 9.89 Å². The molecule has 126 valence electrons. The summed E-state index contributed by atoms with van der Waals surface area (Å²) in [5.41, 5.74) is 4.19. The lowest BCUT2D eigenvalue weighted by atomic mass is 10.1. The second-order valence-corrected chi connectivity index (χ2v) is 7.12. The fraction of sp³-hybridized carbons (Fsp3) is 0.474. The van der Waals surface area contributed by atoms with Gasteiger partial charge < -0.3 is 9.80 Å². The van der Waals surface area contributed by atoms with Crippen molar-refractivity contribution in [3.63, 3.8) is 0 Å². The molecule has 1 aliphatic carbocycles. The van der Waals surface area contributed by atoms with Crippen molar-refractivity contribution < 1.29 is 4.79 Å². The average Bonchev–Trinajstić information content (AvgIpc) is 3.31. The van der Waals surface area contributed by atoms with E-state index in [0.29, 0.717) is 17.7 Å². The van der Waals surface area contributed by atoms with Crippen LogP contribution < -0.4 is 4.90 Å². The van der Waals surface area contributed by atoms with E-state index in [1.54, 1.807) is 0 Å². The summed E-state index contributed by atoms with van der Waals surface area (Å²) >= 11 is 0. The lowest BCUT2D eigenvalue weighted by molar-refractivity contribution is 0.0720. The highest BCUT2D eigenvalue weighted by Gasteiger charge is 2.30. The molecule has 2 aromatic rings. The molecule has 2 aliphatic rings. The molecule has 1 atom stereocenters. The Morgan fingerprint density at radius 2 is 2.08 bits per heavy atom. The summed E-state index contributed by atoms with van der Waals surface area (Å²) in [5.74, 6) is 0.644. The monoisotopic (exact) mass is 324 g/mol. The molecule has 1 N–H and O–H groups in total. The molecule has 4 rings (SSSR count). The lowest BCUT2D eigenvalue weighted by Crippen LogP contribution is -2.53. The van der Waals surface area contributed by atoms with Crippen LogP contribution in [-0.4, -0.2) is 46.7 Å². The molecule has 0 spiro atoms. The smallest absolute Gasteiger partial charge is 0.274 e. The number of nitrogens with one attached hydrogen (secondary N) is 1. The second-order valence-electron chi connectivity index (χ2n) is 7.12. The van der Waals surface area contributed by atoms with Crippen molar-refractivity contribution in [2.75, 3.05) is 24.5 Å². The third kappa shape index (κ3) is 2.90. The average molecular weight is 324 g/mol. The largest absolute Gasteiger partial charge is 0.365 e. The summed E-state index contributed by atoms with van der Waals surface area (Å²) in [4.78, 5) is 17.0. The van der Waals surface area contributed by atoms with Gasteiger partial charge in [0.25, 0.3) is 5.91 Å². The minimum atomic E-state index is 0.0499. The first-order chi connectivity index (χ1) is 11.6. The Morgan fingerprint density at radius 3 is 2.79 bits per heavy atom. The van der Waals surface area contributed by atoms with Gasteiger partial charge >= 0.3 is 0 Å². The molecule has 1 aromatic carbocycles. The highest BCUT2D eigenvalue weighted by Crippen LogP contribution is 2.39. The minimum Gasteiger partial charge on any atom is -0.365 e. The van der Waals surface area contributed by atoms with Crippen molar-refractivity contribution in [1.29, 1.82) is 0 Å². The number of aromatic amines is 1. The standard InChI is InChI=1S/C19H24N4O/c1-13-4-3-5-16(10-13)23-9-8-22(12-14(23)2)19(24)18-11-17(20-21-18)15-6-7-15/h3-5,10-11,14-15H,6-9,12H2,1-2H3,(H,20,21)/t14-/m0/s1. The van der Waals surface area contributed by atoms with Crippen LogP contribution in [-0.2, 0) is 0 Å². The molecule has 1 saturated heterocycles. The highest BCUT2D eigenvalue weighted by atomic mass is 16.2.